The van der Waals surface area contributed by atoms with Crippen LogP contribution in [0.3, 0.4) is 0 Å². The Morgan fingerprint density at radius 2 is 2.03 bits per heavy atom. The van der Waals surface area contributed by atoms with E-state index in [9.17, 15) is 19.8 Å². The van der Waals surface area contributed by atoms with E-state index in [2.05, 4.69) is 36.8 Å². The summed E-state index contributed by atoms with van der Waals surface area (Å²) in [6, 6.07) is 0. The number of carbonyl (C=O) groups excluding carboxylic acids is 2. The Morgan fingerprint density at radius 3 is 2.80 bits per heavy atom. The first kappa shape index (κ1) is 21.4. The monoisotopic (exact) mass is 417 g/mol. The highest BCUT2D eigenvalue weighted by atomic mass is 16.6. The molecule has 4 aliphatic carbocycles. The van der Waals surface area contributed by atoms with Gasteiger partial charge in [0.1, 0.15) is 0 Å². The predicted molar refractivity (Wildman–Crippen MR) is 108 cm³/mol. The van der Waals surface area contributed by atoms with Crippen LogP contribution in [0.25, 0.3) is 0 Å². The van der Waals surface area contributed by atoms with Crippen LogP contribution in [0.15, 0.2) is 23.4 Å². The average Bonchev–Trinajstić information content (AvgIpc) is 3.01. The maximum Gasteiger partial charge on any atom is 0.249 e. The van der Waals surface area contributed by atoms with Gasteiger partial charge >= 0.3 is 0 Å². The summed E-state index contributed by atoms with van der Waals surface area (Å²) in [6.45, 7) is 3.92. The molecule has 0 spiro atoms. The van der Waals surface area contributed by atoms with Gasteiger partial charge in [-0.15, -0.1) is 0 Å². The highest BCUT2D eigenvalue weighted by Gasteiger charge is 2.58. The van der Waals surface area contributed by atoms with E-state index in [1.165, 1.54) is 18.4 Å². The second-order valence-corrected chi connectivity index (χ2v) is 10.0. The summed E-state index contributed by atoms with van der Waals surface area (Å²) in [5.41, 5.74) is 5.38. The Morgan fingerprint density at radius 1 is 1.23 bits per heavy atom. The van der Waals surface area contributed by atoms with E-state index in [0.717, 1.165) is 37.8 Å². The number of aliphatic carboxylic acids is 1. The van der Waals surface area contributed by atoms with Gasteiger partial charge in [-0.05, 0) is 79.6 Å². The first-order chi connectivity index (χ1) is 14.2. The van der Waals surface area contributed by atoms with Gasteiger partial charge in [0.2, 0.25) is 5.91 Å². The number of carboxylic acid groups (broad SMARTS) is 1. The van der Waals surface area contributed by atoms with Crippen molar-refractivity contribution in [3.8, 4) is 0 Å². The Labute approximate surface area is 177 Å². The quantitative estimate of drug-likeness (QED) is 0.560. The minimum Gasteiger partial charge on any atom is -0.548 e. The zero-order valence-corrected chi connectivity index (χ0v) is 17.9. The summed E-state index contributed by atoms with van der Waals surface area (Å²) >= 11 is 0. The molecule has 166 valence electrons. The fraction of sp³-hybridized carbons (Fsp3) is 0.739. The fourth-order valence-corrected chi connectivity index (χ4v) is 6.87. The van der Waals surface area contributed by atoms with Crippen LogP contribution in [0.2, 0.25) is 0 Å². The molecule has 7 nitrogen and oxygen atoms in total. The van der Waals surface area contributed by atoms with Crippen LogP contribution in [0.5, 0.6) is 0 Å². The van der Waals surface area contributed by atoms with Crippen LogP contribution >= 0.6 is 0 Å². The number of hydrogen-bond donors (Lipinski definition) is 3. The number of allylic oxidation sites excluding steroid dienone is 3. The van der Waals surface area contributed by atoms with Crippen LogP contribution in [0.4, 0.5) is 0 Å². The Hall–Kier alpha value is -1.86. The second-order valence-electron chi connectivity index (χ2n) is 10.0. The highest BCUT2D eigenvalue weighted by Crippen LogP contribution is 2.65. The molecule has 3 saturated carbocycles. The highest BCUT2D eigenvalue weighted by molar-refractivity contribution is 5.81. The number of hydroxylamine groups is 1. The molecule has 3 fully saturated rings. The number of carboxylic acids is 1. The molecular formula is C23H33N2O5-. The van der Waals surface area contributed by atoms with Crippen LogP contribution < -0.4 is 15.9 Å². The lowest BCUT2D eigenvalue weighted by atomic mass is 9.48. The number of aliphatic hydroxyl groups excluding tert-OH is 1. The SMILES string of the molecule is C[C@@]12CC[C@H]3[C@@H](CCC4=CC(NOCC(=O)NCC(=O)[O-])=CC[C@@]43C)[C@H]1CC[C@H]2O. The molecule has 4 rings (SSSR count). The summed E-state index contributed by atoms with van der Waals surface area (Å²) in [5.74, 6) is 0.131. The van der Waals surface area contributed by atoms with Gasteiger partial charge in [0.25, 0.3) is 0 Å². The first-order valence-electron chi connectivity index (χ1n) is 11.2. The molecule has 0 aromatic carbocycles. The Bertz CT molecular complexity index is 778. The lowest BCUT2D eigenvalue weighted by Crippen LogP contribution is -2.50. The maximum atomic E-state index is 11.5. The molecule has 0 aromatic rings. The molecule has 0 aliphatic heterocycles. The molecule has 0 heterocycles. The normalized spacial score (nSPS) is 39.7. The number of aliphatic hydroxyl groups is 1. The third-order valence-corrected chi connectivity index (χ3v) is 8.58. The third-order valence-electron chi connectivity index (χ3n) is 8.58. The third kappa shape index (κ3) is 3.66. The summed E-state index contributed by atoms with van der Waals surface area (Å²) in [5, 5.41) is 23.2. The molecule has 1 amide bonds. The van der Waals surface area contributed by atoms with Gasteiger partial charge in [0, 0.05) is 0 Å². The van der Waals surface area contributed by atoms with Crippen molar-refractivity contribution in [2.24, 2.45) is 28.6 Å². The summed E-state index contributed by atoms with van der Waals surface area (Å²) in [4.78, 5) is 27.2. The van der Waals surface area contributed by atoms with Gasteiger partial charge in [-0.3, -0.25) is 15.1 Å². The number of rotatable bonds is 6. The van der Waals surface area contributed by atoms with Crippen molar-refractivity contribution in [3.05, 3.63) is 23.4 Å². The van der Waals surface area contributed by atoms with E-state index in [1.807, 2.05) is 0 Å². The second kappa shape index (κ2) is 8.00. The van der Waals surface area contributed by atoms with E-state index in [4.69, 9.17) is 4.84 Å². The van der Waals surface area contributed by atoms with Gasteiger partial charge in [-0.25, -0.2) is 0 Å². The predicted octanol–water partition coefficient (Wildman–Crippen LogP) is 1.19. The van der Waals surface area contributed by atoms with Crippen molar-refractivity contribution in [1.29, 1.82) is 0 Å². The maximum absolute atomic E-state index is 11.5. The topological polar surface area (TPSA) is 111 Å². The van der Waals surface area contributed by atoms with E-state index in [0.29, 0.717) is 17.8 Å². The summed E-state index contributed by atoms with van der Waals surface area (Å²) in [7, 11) is 0. The van der Waals surface area contributed by atoms with E-state index in [-0.39, 0.29) is 23.5 Å². The van der Waals surface area contributed by atoms with Gasteiger partial charge in [0.15, 0.2) is 6.61 Å². The molecule has 3 N–H and O–H groups in total. The lowest BCUT2D eigenvalue weighted by molar-refractivity contribution is -0.304. The zero-order valence-electron chi connectivity index (χ0n) is 17.9. The van der Waals surface area contributed by atoms with E-state index in [1.54, 1.807) is 0 Å². The molecule has 0 unspecified atom stereocenters. The van der Waals surface area contributed by atoms with Gasteiger partial charge in [-0.1, -0.05) is 25.5 Å². The van der Waals surface area contributed by atoms with Crippen LogP contribution in [-0.2, 0) is 14.4 Å². The largest absolute Gasteiger partial charge is 0.548 e. The van der Waals surface area contributed by atoms with Crippen molar-refractivity contribution in [3.63, 3.8) is 0 Å². The standard InChI is InChI=1S/C23H34N2O5/c1-22-9-7-15(25-30-13-20(27)24-12-21(28)29)11-14(22)3-4-16-17-5-6-19(26)23(17,2)10-8-18(16)22/h7,11,16-19,25-26H,3-6,8-10,12-13H2,1-2H3,(H,24,27)(H,28,29)/p-1/t16-,17+,18-,19+,22-,23+/m0/s1. The Kier molecular flexibility index (Phi) is 5.70. The molecule has 7 heteroatoms. The van der Waals surface area contributed by atoms with Crippen molar-refractivity contribution in [2.45, 2.75) is 64.9 Å². The van der Waals surface area contributed by atoms with Crippen molar-refractivity contribution >= 4 is 11.9 Å². The zero-order chi connectivity index (χ0) is 21.5. The van der Waals surface area contributed by atoms with Crippen LogP contribution in [0, 0.1) is 28.6 Å². The minimum atomic E-state index is -1.33. The van der Waals surface area contributed by atoms with Gasteiger partial charge in [0.05, 0.1) is 24.3 Å². The minimum absolute atomic E-state index is 0.0983. The number of amides is 1. The number of fused-ring (bicyclic) bond motifs is 5. The Balaban J connectivity index is 1.37. The number of nitrogens with one attached hydrogen (secondary N) is 2. The van der Waals surface area contributed by atoms with E-state index < -0.39 is 18.4 Å². The molecular weight excluding hydrogens is 384 g/mol. The molecule has 0 bridgehead atoms. The molecule has 0 radical (unpaired) electrons. The number of hydrogen-bond acceptors (Lipinski definition) is 6. The molecule has 4 aliphatic rings. The van der Waals surface area contributed by atoms with E-state index >= 15 is 0 Å². The fourth-order valence-electron chi connectivity index (χ4n) is 6.87. The van der Waals surface area contributed by atoms with Crippen molar-refractivity contribution < 1.29 is 24.6 Å². The van der Waals surface area contributed by atoms with Crippen molar-refractivity contribution in [2.75, 3.05) is 13.2 Å². The van der Waals surface area contributed by atoms with Crippen LogP contribution in [0.1, 0.15) is 58.8 Å². The number of carbonyl (C=O) groups is 2. The molecule has 0 saturated heterocycles. The smallest absolute Gasteiger partial charge is 0.249 e. The van der Waals surface area contributed by atoms with Crippen LogP contribution in [-0.4, -0.2) is 36.2 Å². The molecule has 6 atom stereocenters. The van der Waals surface area contributed by atoms with Gasteiger partial charge in [-0.2, -0.15) is 0 Å². The first-order valence-corrected chi connectivity index (χ1v) is 11.2. The lowest BCUT2D eigenvalue weighted by Gasteiger charge is -2.57. The van der Waals surface area contributed by atoms with Crippen molar-refractivity contribution in [1.82, 2.24) is 10.8 Å². The molecule has 30 heavy (non-hydrogen) atoms. The summed E-state index contributed by atoms with van der Waals surface area (Å²) < 4.78 is 0. The molecule has 0 aromatic heterocycles. The average molecular weight is 418 g/mol. The van der Waals surface area contributed by atoms with Gasteiger partial charge < -0.3 is 20.3 Å². The summed E-state index contributed by atoms with van der Waals surface area (Å²) in [6.07, 6.45) is 11.7.